The Balaban J connectivity index is 1.74. The summed E-state index contributed by atoms with van der Waals surface area (Å²) in [6, 6.07) is 15.4. The zero-order valence-electron chi connectivity index (χ0n) is 12.7. The highest BCUT2D eigenvalue weighted by molar-refractivity contribution is 5.86. The third kappa shape index (κ3) is 3.24. The third-order valence-electron chi connectivity index (χ3n) is 4.23. The molecule has 1 aliphatic carbocycles. The number of hydrogen-bond donors (Lipinski definition) is 2. The second kappa shape index (κ2) is 5.86. The molecule has 0 radical (unpaired) electrons. The average molecular weight is 283 g/mol. The Hall–Kier alpha value is -1.87. The van der Waals surface area contributed by atoms with Gasteiger partial charge in [0, 0.05) is 11.6 Å². The summed E-state index contributed by atoms with van der Waals surface area (Å²) in [4.78, 5) is 12.1. The highest BCUT2D eigenvalue weighted by Gasteiger charge is 2.28. The van der Waals surface area contributed by atoms with E-state index in [4.69, 9.17) is 0 Å². The normalized spacial score (nSPS) is 17.4. The summed E-state index contributed by atoms with van der Waals surface area (Å²) in [6.45, 7) is 4.15. The minimum absolute atomic E-state index is 0.0560. The number of carbonyl (C=O) groups excluding carboxylic acids is 1. The zero-order chi connectivity index (χ0) is 14.8. The molecule has 2 aromatic carbocycles. The van der Waals surface area contributed by atoms with Crippen molar-refractivity contribution in [3.8, 4) is 0 Å². The number of benzene rings is 2. The fraction of sp³-hybridized carbons (Fsp3) is 0.389. The standard InChI is InChI=1S/C18H22N2O/c1-12(19-13(2)18(21)20-15-10-11-15)16-9-5-7-14-6-3-4-8-17(14)16/h3-9,12-13,15,19H,10-11H2,1-2H3,(H,20,21)/p+1/t12-,13-/m1/s1. The zero-order valence-corrected chi connectivity index (χ0v) is 12.7. The predicted molar refractivity (Wildman–Crippen MR) is 84.9 cm³/mol. The van der Waals surface area contributed by atoms with Crippen molar-refractivity contribution in [1.29, 1.82) is 0 Å². The summed E-state index contributed by atoms with van der Waals surface area (Å²) < 4.78 is 0. The van der Waals surface area contributed by atoms with E-state index >= 15 is 0 Å². The minimum Gasteiger partial charge on any atom is -0.348 e. The Bertz CT molecular complexity index is 643. The Kier molecular flexibility index (Phi) is 3.93. The van der Waals surface area contributed by atoms with Gasteiger partial charge in [-0.05, 0) is 37.5 Å². The molecule has 1 amide bonds. The van der Waals surface area contributed by atoms with Crippen molar-refractivity contribution in [1.82, 2.24) is 5.32 Å². The second-order valence-electron chi connectivity index (χ2n) is 6.12. The molecule has 3 rings (SSSR count). The second-order valence-corrected chi connectivity index (χ2v) is 6.12. The smallest absolute Gasteiger partial charge is 0.278 e. The quantitative estimate of drug-likeness (QED) is 0.867. The molecule has 0 unspecified atom stereocenters. The van der Waals surface area contributed by atoms with E-state index in [0.717, 1.165) is 12.8 Å². The molecule has 1 saturated carbocycles. The van der Waals surface area contributed by atoms with Crippen LogP contribution in [0.3, 0.4) is 0 Å². The lowest BCUT2D eigenvalue weighted by molar-refractivity contribution is -0.710. The molecule has 1 aliphatic rings. The molecule has 0 aliphatic heterocycles. The molecule has 0 saturated heterocycles. The number of quaternary nitrogens is 1. The van der Waals surface area contributed by atoms with Crippen molar-refractivity contribution in [3.05, 3.63) is 48.0 Å². The molecule has 2 atom stereocenters. The number of nitrogens with one attached hydrogen (secondary N) is 1. The summed E-state index contributed by atoms with van der Waals surface area (Å²) in [7, 11) is 0. The van der Waals surface area contributed by atoms with Gasteiger partial charge in [0.05, 0.1) is 0 Å². The molecule has 2 aromatic rings. The predicted octanol–water partition coefficient (Wildman–Crippen LogP) is 2.13. The van der Waals surface area contributed by atoms with Crippen LogP contribution in [0.15, 0.2) is 42.5 Å². The van der Waals surface area contributed by atoms with Crippen LogP contribution in [0.2, 0.25) is 0 Å². The first-order valence-corrected chi connectivity index (χ1v) is 7.78. The van der Waals surface area contributed by atoms with Crippen LogP contribution in [-0.2, 0) is 4.79 Å². The molecule has 0 bridgehead atoms. The molecule has 0 aromatic heterocycles. The van der Waals surface area contributed by atoms with Crippen LogP contribution >= 0.6 is 0 Å². The third-order valence-corrected chi connectivity index (χ3v) is 4.23. The highest BCUT2D eigenvalue weighted by Crippen LogP contribution is 2.22. The molecular formula is C18H23N2O+. The van der Waals surface area contributed by atoms with Crippen LogP contribution < -0.4 is 10.6 Å². The van der Waals surface area contributed by atoms with E-state index in [0.29, 0.717) is 6.04 Å². The van der Waals surface area contributed by atoms with Crippen molar-refractivity contribution in [2.45, 2.75) is 44.8 Å². The van der Waals surface area contributed by atoms with Gasteiger partial charge in [0.1, 0.15) is 6.04 Å². The minimum atomic E-state index is -0.0560. The van der Waals surface area contributed by atoms with Crippen LogP contribution in [0.5, 0.6) is 0 Å². The number of amides is 1. The number of rotatable bonds is 5. The lowest BCUT2D eigenvalue weighted by Crippen LogP contribution is -2.92. The van der Waals surface area contributed by atoms with Crippen LogP contribution in [0.1, 0.15) is 38.3 Å². The van der Waals surface area contributed by atoms with E-state index in [1.54, 1.807) is 0 Å². The van der Waals surface area contributed by atoms with Gasteiger partial charge in [0.25, 0.3) is 5.91 Å². The fourth-order valence-electron chi connectivity index (χ4n) is 2.83. The molecular weight excluding hydrogens is 260 g/mol. The maximum atomic E-state index is 12.1. The molecule has 3 heteroatoms. The van der Waals surface area contributed by atoms with E-state index in [2.05, 4.69) is 60.0 Å². The molecule has 0 spiro atoms. The van der Waals surface area contributed by atoms with Crippen molar-refractivity contribution >= 4 is 16.7 Å². The Labute approximate surface area is 125 Å². The van der Waals surface area contributed by atoms with Gasteiger partial charge in [-0.15, -0.1) is 0 Å². The van der Waals surface area contributed by atoms with Gasteiger partial charge in [-0.25, -0.2) is 0 Å². The van der Waals surface area contributed by atoms with Crippen molar-refractivity contribution in [2.75, 3.05) is 0 Å². The molecule has 21 heavy (non-hydrogen) atoms. The SMILES string of the molecule is C[C@@H]([NH2+][C@H](C)c1cccc2ccccc12)C(=O)NC1CC1. The van der Waals surface area contributed by atoms with Crippen LogP contribution in [0.25, 0.3) is 10.8 Å². The van der Waals surface area contributed by atoms with Gasteiger partial charge < -0.3 is 10.6 Å². The van der Waals surface area contributed by atoms with Crippen molar-refractivity contribution in [2.24, 2.45) is 0 Å². The van der Waals surface area contributed by atoms with Gasteiger partial charge in [-0.3, -0.25) is 4.79 Å². The van der Waals surface area contributed by atoms with Crippen LogP contribution in [0, 0.1) is 0 Å². The topological polar surface area (TPSA) is 45.7 Å². The number of fused-ring (bicyclic) bond motifs is 1. The maximum Gasteiger partial charge on any atom is 0.278 e. The first-order valence-electron chi connectivity index (χ1n) is 7.78. The molecule has 110 valence electrons. The Morgan fingerprint density at radius 1 is 1.14 bits per heavy atom. The first-order chi connectivity index (χ1) is 10.1. The summed E-state index contributed by atoms with van der Waals surface area (Å²) >= 11 is 0. The van der Waals surface area contributed by atoms with Crippen molar-refractivity contribution < 1.29 is 10.1 Å². The molecule has 0 heterocycles. The van der Waals surface area contributed by atoms with Gasteiger partial charge in [-0.1, -0.05) is 42.5 Å². The summed E-state index contributed by atoms with van der Waals surface area (Å²) in [5, 5.41) is 7.76. The molecule has 1 fully saturated rings. The van der Waals surface area contributed by atoms with Crippen LogP contribution in [-0.4, -0.2) is 18.0 Å². The number of hydrogen-bond acceptors (Lipinski definition) is 1. The van der Waals surface area contributed by atoms with Gasteiger partial charge >= 0.3 is 0 Å². The molecule has 3 N–H and O–H groups in total. The van der Waals surface area contributed by atoms with E-state index in [9.17, 15) is 4.79 Å². The molecule has 3 nitrogen and oxygen atoms in total. The highest BCUT2D eigenvalue weighted by atomic mass is 16.2. The fourth-order valence-corrected chi connectivity index (χ4v) is 2.83. The van der Waals surface area contributed by atoms with Crippen LogP contribution in [0.4, 0.5) is 0 Å². The monoisotopic (exact) mass is 283 g/mol. The largest absolute Gasteiger partial charge is 0.348 e. The number of nitrogens with two attached hydrogens (primary N) is 1. The van der Waals surface area contributed by atoms with Gasteiger partial charge in [-0.2, -0.15) is 0 Å². The Morgan fingerprint density at radius 3 is 2.62 bits per heavy atom. The van der Waals surface area contributed by atoms with E-state index in [1.165, 1.54) is 16.3 Å². The summed E-state index contributed by atoms with van der Waals surface area (Å²) in [6.07, 6.45) is 2.27. The lowest BCUT2D eigenvalue weighted by Gasteiger charge is -2.18. The average Bonchev–Trinajstić information content (AvgIpc) is 3.30. The van der Waals surface area contributed by atoms with E-state index in [-0.39, 0.29) is 18.0 Å². The lowest BCUT2D eigenvalue weighted by atomic mass is 9.99. The number of carbonyl (C=O) groups is 1. The Morgan fingerprint density at radius 2 is 1.86 bits per heavy atom. The van der Waals surface area contributed by atoms with Crippen molar-refractivity contribution in [3.63, 3.8) is 0 Å². The van der Waals surface area contributed by atoms with Gasteiger partial charge in [0.15, 0.2) is 6.04 Å². The summed E-state index contributed by atoms with van der Waals surface area (Å²) in [5.41, 5.74) is 1.29. The maximum absolute atomic E-state index is 12.1. The summed E-state index contributed by atoms with van der Waals surface area (Å²) in [5.74, 6) is 0.157. The van der Waals surface area contributed by atoms with E-state index in [1.807, 2.05) is 6.92 Å². The first kappa shape index (κ1) is 14.1. The van der Waals surface area contributed by atoms with Gasteiger partial charge in [0.2, 0.25) is 0 Å². The van der Waals surface area contributed by atoms with E-state index < -0.39 is 0 Å².